The zero-order chi connectivity index (χ0) is 16.2. The number of nitrogens with zero attached hydrogens (tertiary/aromatic N) is 1. The minimum absolute atomic E-state index is 0.0498. The highest BCUT2D eigenvalue weighted by atomic mass is 32.2. The summed E-state index contributed by atoms with van der Waals surface area (Å²) in [7, 11) is -0.249. The molecule has 0 aliphatic heterocycles. The van der Waals surface area contributed by atoms with Crippen LogP contribution in [-0.2, 0) is 17.0 Å². The standard InChI is InChI=1S/C15H12F3NO2S/c1-21-13-7-4-8-14(19-13)22(20)10-9-11-5-2-3-6-12(11)15(16,17)18/h2-10H,1H3/b10-9+. The van der Waals surface area contributed by atoms with Crippen molar-refractivity contribution in [2.45, 2.75) is 11.2 Å². The van der Waals surface area contributed by atoms with E-state index in [1.807, 2.05) is 0 Å². The number of hydrogen-bond donors (Lipinski definition) is 0. The summed E-state index contributed by atoms with van der Waals surface area (Å²) in [6, 6.07) is 9.79. The Labute approximate surface area is 127 Å². The molecule has 1 atom stereocenters. The van der Waals surface area contributed by atoms with Gasteiger partial charge in [0.1, 0.15) is 5.03 Å². The molecule has 2 aromatic rings. The Balaban J connectivity index is 2.27. The summed E-state index contributed by atoms with van der Waals surface area (Å²) in [6.07, 6.45) is -3.28. The first kappa shape index (κ1) is 16.2. The van der Waals surface area contributed by atoms with Gasteiger partial charge in [0, 0.05) is 11.5 Å². The summed E-state index contributed by atoms with van der Waals surface area (Å²) in [5.74, 6) is 0.287. The van der Waals surface area contributed by atoms with Gasteiger partial charge in [-0.1, -0.05) is 24.3 Å². The molecule has 0 bridgehead atoms. The number of methoxy groups -OCH3 is 1. The van der Waals surface area contributed by atoms with Crippen LogP contribution in [0.1, 0.15) is 11.1 Å². The average molecular weight is 327 g/mol. The summed E-state index contributed by atoms with van der Waals surface area (Å²) in [4.78, 5) is 3.98. The van der Waals surface area contributed by atoms with Crippen molar-refractivity contribution in [2.24, 2.45) is 0 Å². The SMILES string of the molecule is COc1cccc(S(=O)/C=C/c2ccccc2C(F)(F)F)n1. The number of rotatable bonds is 4. The fourth-order valence-corrected chi connectivity index (χ4v) is 2.53. The lowest BCUT2D eigenvalue weighted by Gasteiger charge is -2.09. The third-order valence-corrected chi connectivity index (χ3v) is 3.77. The Bertz CT molecular complexity index is 714. The molecule has 116 valence electrons. The van der Waals surface area contributed by atoms with Gasteiger partial charge in [0.15, 0.2) is 0 Å². The molecule has 0 N–H and O–H groups in total. The molecular formula is C15H12F3NO2S. The van der Waals surface area contributed by atoms with Crippen molar-refractivity contribution in [3.63, 3.8) is 0 Å². The first-order valence-corrected chi connectivity index (χ1v) is 7.39. The van der Waals surface area contributed by atoms with Gasteiger partial charge < -0.3 is 4.74 Å². The van der Waals surface area contributed by atoms with E-state index >= 15 is 0 Å². The lowest BCUT2D eigenvalue weighted by atomic mass is 10.1. The van der Waals surface area contributed by atoms with Crippen LogP contribution in [0.15, 0.2) is 52.9 Å². The van der Waals surface area contributed by atoms with E-state index < -0.39 is 22.5 Å². The van der Waals surface area contributed by atoms with Gasteiger partial charge in [-0.15, -0.1) is 0 Å². The second kappa shape index (κ2) is 6.74. The number of pyridine rings is 1. The molecule has 1 heterocycles. The predicted octanol–water partition coefficient (Wildman–Crippen LogP) is 3.89. The van der Waals surface area contributed by atoms with Crippen LogP contribution in [0.4, 0.5) is 13.2 Å². The van der Waals surface area contributed by atoms with Gasteiger partial charge in [0.05, 0.1) is 23.5 Å². The number of hydrogen-bond acceptors (Lipinski definition) is 3. The molecule has 22 heavy (non-hydrogen) atoms. The first-order valence-electron chi connectivity index (χ1n) is 6.18. The van der Waals surface area contributed by atoms with Crippen LogP contribution in [0, 0.1) is 0 Å². The maximum absolute atomic E-state index is 12.9. The molecule has 1 aromatic heterocycles. The Morgan fingerprint density at radius 2 is 1.86 bits per heavy atom. The van der Waals surface area contributed by atoms with Gasteiger partial charge in [-0.05, 0) is 23.8 Å². The highest BCUT2D eigenvalue weighted by Gasteiger charge is 2.32. The number of ether oxygens (including phenoxy) is 1. The molecule has 0 fully saturated rings. The lowest BCUT2D eigenvalue weighted by Crippen LogP contribution is -2.06. The van der Waals surface area contributed by atoms with E-state index in [0.717, 1.165) is 6.07 Å². The molecule has 2 rings (SSSR count). The van der Waals surface area contributed by atoms with Crippen molar-refractivity contribution >= 4 is 16.9 Å². The minimum Gasteiger partial charge on any atom is -0.481 e. The topological polar surface area (TPSA) is 39.2 Å². The number of halogens is 3. The summed E-state index contributed by atoms with van der Waals surface area (Å²) in [5, 5.41) is 1.38. The molecule has 0 aliphatic carbocycles. The first-order chi connectivity index (χ1) is 10.4. The fourth-order valence-electron chi connectivity index (χ4n) is 1.73. The van der Waals surface area contributed by atoms with Gasteiger partial charge >= 0.3 is 6.18 Å². The molecule has 1 unspecified atom stereocenters. The summed E-state index contributed by atoms with van der Waals surface area (Å²) < 4.78 is 55.6. The van der Waals surface area contributed by atoms with Crippen LogP contribution in [0.2, 0.25) is 0 Å². The van der Waals surface area contributed by atoms with E-state index in [2.05, 4.69) is 4.98 Å². The molecule has 0 spiro atoms. The third kappa shape index (κ3) is 3.94. The second-order valence-corrected chi connectivity index (χ2v) is 5.49. The van der Waals surface area contributed by atoms with E-state index in [1.54, 1.807) is 12.1 Å². The highest BCUT2D eigenvalue weighted by Crippen LogP contribution is 2.32. The van der Waals surface area contributed by atoms with Gasteiger partial charge in [-0.25, -0.2) is 9.19 Å². The van der Waals surface area contributed by atoms with Crippen LogP contribution in [0.25, 0.3) is 6.08 Å². The Hall–Kier alpha value is -2.15. The smallest absolute Gasteiger partial charge is 0.416 e. The molecule has 3 nitrogen and oxygen atoms in total. The van der Waals surface area contributed by atoms with Crippen LogP contribution in [-0.4, -0.2) is 16.3 Å². The number of benzene rings is 1. The van der Waals surface area contributed by atoms with Crippen LogP contribution in [0.5, 0.6) is 5.88 Å². The zero-order valence-electron chi connectivity index (χ0n) is 11.5. The van der Waals surface area contributed by atoms with E-state index in [4.69, 9.17) is 4.74 Å². The Kier molecular flexibility index (Phi) is 4.97. The largest absolute Gasteiger partial charge is 0.481 e. The van der Waals surface area contributed by atoms with Crippen molar-refractivity contribution in [1.82, 2.24) is 4.98 Å². The summed E-state index contributed by atoms with van der Waals surface area (Å²) >= 11 is 0. The average Bonchev–Trinajstić information content (AvgIpc) is 2.52. The normalized spacial score (nSPS) is 13.3. The number of aromatic nitrogens is 1. The van der Waals surface area contributed by atoms with Crippen molar-refractivity contribution in [2.75, 3.05) is 7.11 Å². The number of alkyl halides is 3. The quantitative estimate of drug-likeness (QED) is 0.855. The summed E-state index contributed by atoms with van der Waals surface area (Å²) in [5.41, 5.74) is -0.826. The molecule has 0 amide bonds. The minimum atomic E-state index is -4.46. The second-order valence-electron chi connectivity index (χ2n) is 4.20. The van der Waals surface area contributed by atoms with E-state index in [0.29, 0.717) is 0 Å². The van der Waals surface area contributed by atoms with Crippen molar-refractivity contribution < 1.29 is 22.1 Å². The highest BCUT2D eigenvalue weighted by molar-refractivity contribution is 7.88. The Morgan fingerprint density at radius 3 is 2.55 bits per heavy atom. The Morgan fingerprint density at radius 1 is 1.14 bits per heavy atom. The molecule has 0 saturated heterocycles. The van der Waals surface area contributed by atoms with Gasteiger partial charge in [0.25, 0.3) is 0 Å². The lowest BCUT2D eigenvalue weighted by molar-refractivity contribution is -0.137. The summed E-state index contributed by atoms with van der Waals surface area (Å²) in [6.45, 7) is 0. The maximum atomic E-state index is 12.9. The molecule has 1 aromatic carbocycles. The predicted molar refractivity (Wildman–Crippen MR) is 77.7 cm³/mol. The van der Waals surface area contributed by atoms with Crippen molar-refractivity contribution in [1.29, 1.82) is 0 Å². The van der Waals surface area contributed by atoms with E-state index in [1.165, 1.54) is 42.9 Å². The monoisotopic (exact) mass is 327 g/mol. The van der Waals surface area contributed by atoms with Crippen LogP contribution >= 0.6 is 0 Å². The van der Waals surface area contributed by atoms with Crippen LogP contribution < -0.4 is 4.74 Å². The fraction of sp³-hybridized carbons (Fsp3) is 0.133. The molecular weight excluding hydrogens is 315 g/mol. The van der Waals surface area contributed by atoms with E-state index in [9.17, 15) is 17.4 Å². The van der Waals surface area contributed by atoms with Crippen molar-refractivity contribution in [3.05, 3.63) is 59.0 Å². The molecule has 0 aliphatic rings. The van der Waals surface area contributed by atoms with Gasteiger partial charge in [-0.3, -0.25) is 0 Å². The molecule has 0 radical (unpaired) electrons. The van der Waals surface area contributed by atoms with Gasteiger partial charge in [-0.2, -0.15) is 13.2 Å². The van der Waals surface area contributed by atoms with E-state index in [-0.39, 0.29) is 16.5 Å². The zero-order valence-corrected chi connectivity index (χ0v) is 12.3. The maximum Gasteiger partial charge on any atom is 0.416 e. The molecule has 0 saturated carbocycles. The van der Waals surface area contributed by atoms with Crippen LogP contribution in [0.3, 0.4) is 0 Å². The van der Waals surface area contributed by atoms with Crippen molar-refractivity contribution in [3.8, 4) is 5.88 Å². The van der Waals surface area contributed by atoms with Gasteiger partial charge in [0.2, 0.25) is 5.88 Å². The molecule has 7 heteroatoms. The third-order valence-electron chi connectivity index (χ3n) is 2.75.